The second-order valence-electron chi connectivity index (χ2n) is 6.30. The van der Waals surface area contributed by atoms with Gasteiger partial charge in [-0.1, -0.05) is 34.1 Å². The number of carbonyl (C=O) groups excluding carboxylic acids is 2. The maximum atomic E-state index is 13.9. The zero-order valence-electron chi connectivity index (χ0n) is 14.9. The molecule has 1 aromatic heterocycles. The van der Waals surface area contributed by atoms with Crippen LogP contribution < -0.4 is 15.4 Å². The summed E-state index contributed by atoms with van der Waals surface area (Å²) in [6.45, 7) is -0.324. The lowest BCUT2D eigenvalue weighted by molar-refractivity contribution is -0.118. The first kappa shape index (κ1) is 19.1. The lowest BCUT2D eigenvalue weighted by Crippen LogP contribution is -2.29. The van der Waals surface area contributed by atoms with Crippen molar-refractivity contribution in [3.05, 3.63) is 64.6 Å². The summed E-state index contributed by atoms with van der Waals surface area (Å²) in [4.78, 5) is 28.2. The molecule has 4 rings (SSSR count). The van der Waals surface area contributed by atoms with Gasteiger partial charge in [0, 0.05) is 10.0 Å². The molecule has 1 aliphatic heterocycles. The van der Waals surface area contributed by atoms with Crippen LogP contribution in [0.2, 0.25) is 0 Å². The minimum atomic E-state index is -0.556. The molecule has 29 heavy (non-hydrogen) atoms. The van der Waals surface area contributed by atoms with E-state index in [1.807, 2.05) is 6.07 Å². The molecule has 10 heteroatoms. The fourth-order valence-electron chi connectivity index (χ4n) is 3.05. The van der Waals surface area contributed by atoms with Crippen molar-refractivity contribution in [3.8, 4) is 5.75 Å². The molecular formula is C19H15BrFN5O3. The number of hydrogen-bond acceptors (Lipinski definition) is 5. The average molecular weight is 460 g/mol. The second kappa shape index (κ2) is 8.00. The van der Waals surface area contributed by atoms with Gasteiger partial charge in [0.15, 0.2) is 6.61 Å². The molecule has 148 valence electrons. The van der Waals surface area contributed by atoms with Crippen LogP contribution in [0.25, 0.3) is 0 Å². The second-order valence-corrected chi connectivity index (χ2v) is 7.21. The molecule has 2 N–H and O–H groups in total. The highest BCUT2D eigenvalue weighted by atomic mass is 79.9. The molecule has 3 aromatic rings. The van der Waals surface area contributed by atoms with E-state index in [1.54, 1.807) is 28.9 Å². The number of benzene rings is 2. The Morgan fingerprint density at radius 1 is 1.34 bits per heavy atom. The largest absolute Gasteiger partial charge is 0.483 e. The van der Waals surface area contributed by atoms with Gasteiger partial charge in [0.05, 0.1) is 18.2 Å². The van der Waals surface area contributed by atoms with E-state index in [0.717, 1.165) is 0 Å². The van der Waals surface area contributed by atoms with Gasteiger partial charge < -0.3 is 10.1 Å². The molecule has 0 bridgehead atoms. The summed E-state index contributed by atoms with van der Waals surface area (Å²) in [5.41, 5.74) is 0.753. The number of fused-ring (bicyclic) bond motifs is 1. The molecule has 8 nitrogen and oxygen atoms in total. The van der Waals surface area contributed by atoms with Gasteiger partial charge in [-0.15, -0.1) is 0 Å². The summed E-state index contributed by atoms with van der Waals surface area (Å²) in [6.07, 6.45) is 1.52. The first-order chi connectivity index (χ1) is 14.0. The Balaban J connectivity index is 1.50. The Hall–Kier alpha value is -3.27. The van der Waals surface area contributed by atoms with Crippen LogP contribution in [0.4, 0.5) is 16.0 Å². The summed E-state index contributed by atoms with van der Waals surface area (Å²) in [5.74, 6) is -0.470. The van der Waals surface area contributed by atoms with E-state index in [-0.39, 0.29) is 24.6 Å². The molecule has 2 aromatic carbocycles. The van der Waals surface area contributed by atoms with Gasteiger partial charge in [-0.3, -0.25) is 14.9 Å². The molecule has 1 unspecified atom stereocenters. The van der Waals surface area contributed by atoms with Crippen LogP contribution >= 0.6 is 15.9 Å². The third kappa shape index (κ3) is 4.11. The number of para-hydroxylation sites is 1. The molecule has 0 fully saturated rings. The molecule has 0 saturated carbocycles. The van der Waals surface area contributed by atoms with E-state index in [9.17, 15) is 14.0 Å². The van der Waals surface area contributed by atoms with Crippen molar-refractivity contribution < 1.29 is 18.7 Å². The summed E-state index contributed by atoms with van der Waals surface area (Å²) in [6, 6.07) is 11.0. The number of carbonyl (C=O) groups is 2. The Labute approximate surface area is 173 Å². The number of hydrogen-bond donors (Lipinski definition) is 2. The van der Waals surface area contributed by atoms with E-state index in [0.29, 0.717) is 21.7 Å². The van der Waals surface area contributed by atoms with Gasteiger partial charge >= 0.3 is 0 Å². The van der Waals surface area contributed by atoms with E-state index in [2.05, 4.69) is 36.6 Å². The normalized spacial score (nSPS) is 15.4. The van der Waals surface area contributed by atoms with Crippen LogP contribution in [-0.2, 0) is 9.59 Å². The van der Waals surface area contributed by atoms with Gasteiger partial charge in [-0.2, -0.15) is 10.1 Å². The number of nitrogens with zero attached hydrogens (tertiary/aromatic N) is 3. The summed E-state index contributed by atoms with van der Waals surface area (Å²) < 4.78 is 21.7. The molecule has 2 heterocycles. The van der Waals surface area contributed by atoms with Crippen molar-refractivity contribution in [2.24, 2.45) is 0 Å². The van der Waals surface area contributed by atoms with Gasteiger partial charge in [-0.05, 0) is 24.3 Å². The standard InChI is InChI=1S/C19H15BrFN5O3/c20-11-5-6-14(13(21)7-11)24-18(28)9-29-16-4-2-1-3-12(16)15-8-17(27)25-19-22-10-23-26(15)19/h1-7,10,15H,8-9H2,(H,24,28)(H,22,23,25,27). The number of aromatic nitrogens is 3. The zero-order chi connectivity index (χ0) is 20.4. The van der Waals surface area contributed by atoms with Crippen LogP contribution in [0, 0.1) is 5.82 Å². The van der Waals surface area contributed by atoms with Crippen LogP contribution in [0.15, 0.2) is 53.3 Å². The third-order valence-corrected chi connectivity index (χ3v) is 4.83. The highest BCUT2D eigenvalue weighted by molar-refractivity contribution is 9.10. The van der Waals surface area contributed by atoms with Crippen molar-refractivity contribution in [1.29, 1.82) is 0 Å². The minimum Gasteiger partial charge on any atom is -0.483 e. The van der Waals surface area contributed by atoms with Crippen molar-refractivity contribution in [2.75, 3.05) is 17.2 Å². The predicted octanol–water partition coefficient (Wildman–Crippen LogP) is 3.13. The molecule has 0 spiro atoms. The average Bonchev–Trinajstić information content (AvgIpc) is 3.16. The Morgan fingerprint density at radius 2 is 2.17 bits per heavy atom. The Morgan fingerprint density at radius 3 is 3.00 bits per heavy atom. The molecule has 2 amide bonds. The zero-order valence-corrected chi connectivity index (χ0v) is 16.5. The van der Waals surface area contributed by atoms with Crippen LogP contribution in [0.5, 0.6) is 5.75 Å². The highest BCUT2D eigenvalue weighted by Gasteiger charge is 2.29. The van der Waals surface area contributed by atoms with E-state index >= 15 is 0 Å². The van der Waals surface area contributed by atoms with Crippen LogP contribution in [0.1, 0.15) is 18.0 Å². The SMILES string of the molecule is O=C(COc1ccccc1C1CC(=O)Nc2ncnn21)Nc1ccc(Br)cc1F. The van der Waals surface area contributed by atoms with E-state index in [4.69, 9.17) is 4.74 Å². The maximum absolute atomic E-state index is 13.9. The molecule has 0 saturated heterocycles. The number of halogens is 2. The first-order valence-corrected chi connectivity index (χ1v) is 9.46. The lowest BCUT2D eigenvalue weighted by Gasteiger charge is -2.25. The number of rotatable bonds is 5. The quantitative estimate of drug-likeness (QED) is 0.610. The fourth-order valence-corrected chi connectivity index (χ4v) is 3.39. The van der Waals surface area contributed by atoms with Gasteiger partial charge in [0.1, 0.15) is 17.9 Å². The highest BCUT2D eigenvalue weighted by Crippen LogP contribution is 2.34. The molecule has 0 aliphatic carbocycles. The topological polar surface area (TPSA) is 98.1 Å². The third-order valence-electron chi connectivity index (χ3n) is 4.34. The van der Waals surface area contributed by atoms with E-state index in [1.165, 1.54) is 18.5 Å². The first-order valence-electron chi connectivity index (χ1n) is 8.67. The summed E-state index contributed by atoms with van der Waals surface area (Å²) in [5, 5.41) is 9.29. The van der Waals surface area contributed by atoms with Crippen LogP contribution in [-0.4, -0.2) is 33.2 Å². The van der Waals surface area contributed by atoms with Gasteiger partial charge in [0.2, 0.25) is 11.9 Å². The van der Waals surface area contributed by atoms with E-state index < -0.39 is 17.8 Å². The number of amides is 2. The smallest absolute Gasteiger partial charge is 0.262 e. The Kier molecular flexibility index (Phi) is 5.26. The van der Waals surface area contributed by atoms with Crippen LogP contribution in [0.3, 0.4) is 0 Å². The number of anilines is 2. The number of nitrogens with one attached hydrogen (secondary N) is 2. The van der Waals surface area contributed by atoms with Gasteiger partial charge in [-0.25, -0.2) is 9.07 Å². The van der Waals surface area contributed by atoms with Crippen molar-refractivity contribution in [1.82, 2.24) is 14.8 Å². The summed E-state index contributed by atoms with van der Waals surface area (Å²) >= 11 is 3.17. The molecule has 1 aliphatic rings. The number of ether oxygens (including phenoxy) is 1. The molecule has 1 atom stereocenters. The maximum Gasteiger partial charge on any atom is 0.262 e. The minimum absolute atomic E-state index is 0.0614. The monoisotopic (exact) mass is 459 g/mol. The van der Waals surface area contributed by atoms with Crippen molar-refractivity contribution in [3.63, 3.8) is 0 Å². The van der Waals surface area contributed by atoms with Gasteiger partial charge in [0.25, 0.3) is 5.91 Å². The Bertz CT molecular complexity index is 1090. The molecular weight excluding hydrogens is 445 g/mol. The summed E-state index contributed by atoms with van der Waals surface area (Å²) in [7, 11) is 0. The predicted molar refractivity (Wildman–Crippen MR) is 106 cm³/mol. The van der Waals surface area contributed by atoms with Crippen molar-refractivity contribution >= 4 is 39.4 Å². The lowest BCUT2D eigenvalue weighted by atomic mass is 10.0. The fraction of sp³-hybridized carbons (Fsp3) is 0.158. The molecule has 0 radical (unpaired) electrons. The van der Waals surface area contributed by atoms with Crippen molar-refractivity contribution in [2.45, 2.75) is 12.5 Å².